The highest BCUT2D eigenvalue weighted by Gasteiger charge is 2.44. The number of ether oxygens (including phenoxy) is 1. The van der Waals surface area contributed by atoms with Crippen LogP contribution in [0.25, 0.3) is 11.1 Å². The maximum Gasteiger partial charge on any atom is 0.259 e. The van der Waals surface area contributed by atoms with E-state index in [2.05, 4.69) is 22.0 Å². The molecule has 2 aliphatic rings. The minimum atomic E-state index is -0.480. The lowest BCUT2D eigenvalue weighted by Crippen LogP contribution is -2.46. The maximum atomic E-state index is 13.4. The Morgan fingerprint density at radius 1 is 1.17 bits per heavy atom. The van der Waals surface area contributed by atoms with Crippen LogP contribution in [0, 0.1) is 0 Å². The molecule has 4 nitrogen and oxygen atoms in total. The summed E-state index contributed by atoms with van der Waals surface area (Å²) in [6, 6.07) is 11.0. The standard InChI is InChI=1S/C24H22BrNO3/c1-5-29-17-10-18-14(2)13-24(3,4)26-22(18)19(11-17)20(23(26)28)12-21(27)15-6-8-16(25)9-7-15/h6-13H,5H2,1-4H3. The van der Waals surface area contributed by atoms with Gasteiger partial charge in [-0.1, -0.05) is 22.0 Å². The lowest BCUT2D eigenvalue weighted by molar-refractivity contribution is -0.113. The van der Waals surface area contributed by atoms with Crippen LogP contribution in [0.3, 0.4) is 0 Å². The van der Waals surface area contributed by atoms with Crippen LogP contribution in [0.15, 0.2) is 53.0 Å². The molecule has 0 N–H and O–H groups in total. The molecule has 2 heterocycles. The second-order valence-corrected chi connectivity index (χ2v) is 8.77. The molecule has 0 spiro atoms. The van der Waals surface area contributed by atoms with Crippen molar-refractivity contribution in [2.75, 3.05) is 11.5 Å². The Morgan fingerprint density at radius 2 is 1.83 bits per heavy atom. The van der Waals surface area contributed by atoms with E-state index in [-0.39, 0.29) is 11.7 Å². The van der Waals surface area contributed by atoms with Gasteiger partial charge in [-0.05, 0) is 75.7 Å². The van der Waals surface area contributed by atoms with Crippen molar-refractivity contribution in [2.24, 2.45) is 0 Å². The molecular weight excluding hydrogens is 430 g/mol. The maximum absolute atomic E-state index is 13.4. The average molecular weight is 452 g/mol. The van der Waals surface area contributed by atoms with Crippen LogP contribution in [0.5, 0.6) is 5.75 Å². The Bertz CT molecular complexity index is 1090. The van der Waals surface area contributed by atoms with Crippen LogP contribution < -0.4 is 9.64 Å². The van der Waals surface area contributed by atoms with Gasteiger partial charge in [0.15, 0.2) is 5.78 Å². The second kappa shape index (κ2) is 6.99. The molecule has 2 aliphatic heterocycles. The van der Waals surface area contributed by atoms with Crippen molar-refractivity contribution in [3.63, 3.8) is 0 Å². The lowest BCUT2D eigenvalue weighted by atomic mass is 9.89. The third kappa shape index (κ3) is 3.23. The van der Waals surface area contributed by atoms with E-state index in [9.17, 15) is 9.59 Å². The molecule has 0 fully saturated rings. The van der Waals surface area contributed by atoms with E-state index in [1.807, 2.05) is 52.0 Å². The number of nitrogens with zero attached hydrogens (tertiary/aromatic N) is 1. The van der Waals surface area contributed by atoms with Gasteiger partial charge in [0.2, 0.25) is 0 Å². The Hall–Kier alpha value is -2.66. The number of hydrogen-bond acceptors (Lipinski definition) is 3. The zero-order valence-corrected chi connectivity index (χ0v) is 18.5. The first-order chi connectivity index (χ1) is 13.7. The summed E-state index contributed by atoms with van der Waals surface area (Å²) in [5.41, 5.74) is 4.15. The van der Waals surface area contributed by atoms with Crippen LogP contribution in [0.4, 0.5) is 5.69 Å². The molecule has 0 radical (unpaired) electrons. The topological polar surface area (TPSA) is 46.6 Å². The average Bonchev–Trinajstić information content (AvgIpc) is 2.93. The van der Waals surface area contributed by atoms with E-state index >= 15 is 0 Å². The first kappa shape index (κ1) is 19.6. The normalized spacial score (nSPS) is 18.0. The molecule has 1 amide bonds. The van der Waals surface area contributed by atoms with Gasteiger partial charge in [0.1, 0.15) is 5.75 Å². The summed E-state index contributed by atoms with van der Waals surface area (Å²) in [5.74, 6) is 0.346. The van der Waals surface area contributed by atoms with Gasteiger partial charge in [-0.25, -0.2) is 0 Å². The molecule has 2 aromatic carbocycles. The van der Waals surface area contributed by atoms with Crippen molar-refractivity contribution in [1.82, 2.24) is 0 Å². The lowest BCUT2D eigenvalue weighted by Gasteiger charge is -2.38. The quantitative estimate of drug-likeness (QED) is 0.445. The third-order valence-corrected chi connectivity index (χ3v) is 5.85. The predicted octanol–water partition coefficient (Wildman–Crippen LogP) is 5.66. The molecule has 0 aliphatic carbocycles. The number of amides is 1. The molecule has 0 bridgehead atoms. The molecule has 148 valence electrons. The van der Waals surface area contributed by atoms with Crippen LogP contribution in [0.1, 0.15) is 49.2 Å². The van der Waals surface area contributed by atoms with Crippen LogP contribution in [-0.4, -0.2) is 23.8 Å². The van der Waals surface area contributed by atoms with Gasteiger partial charge in [0, 0.05) is 21.2 Å². The number of ketones is 1. The summed E-state index contributed by atoms with van der Waals surface area (Å²) in [6.45, 7) is 8.52. The number of carbonyl (C=O) groups excluding carboxylic acids is 2. The zero-order valence-electron chi connectivity index (χ0n) is 16.9. The van der Waals surface area contributed by atoms with Gasteiger partial charge >= 0.3 is 0 Å². The largest absolute Gasteiger partial charge is 0.494 e. The molecule has 0 saturated heterocycles. The van der Waals surface area contributed by atoms with Crippen molar-refractivity contribution in [1.29, 1.82) is 0 Å². The highest BCUT2D eigenvalue weighted by atomic mass is 79.9. The summed E-state index contributed by atoms with van der Waals surface area (Å²) in [5, 5.41) is 0. The predicted molar refractivity (Wildman–Crippen MR) is 119 cm³/mol. The van der Waals surface area contributed by atoms with Crippen molar-refractivity contribution in [3.05, 3.63) is 69.7 Å². The van der Waals surface area contributed by atoms with E-state index in [0.717, 1.165) is 26.9 Å². The van der Waals surface area contributed by atoms with E-state index < -0.39 is 5.54 Å². The molecule has 0 aromatic heterocycles. The molecule has 5 heteroatoms. The molecule has 0 atom stereocenters. The Morgan fingerprint density at radius 3 is 2.48 bits per heavy atom. The van der Waals surface area contributed by atoms with Crippen molar-refractivity contribution in [3.8, 4) is 5.75 Å². The molecule has 0 unspecified atom stereocenters. The van der Waals surface area contributed by atoms with Gasteiger partial charge in [-0.3, -0.25) is 14.5 Å². The zero-order chi connectivity index (χ0) is 20.9. The van der Waals surface area contributed by atoms with Crippen LogP contribution in [0.2, 0.25) is 0 Å². The smallest absolute Gasteiger partial charge is 0.259 e. The minimum absolute atomic E-state index is 0.158. The summed E-state index contributed by atoms with van der Waals surface area (Å²) in [7, 11) is 0. The SMILES string of the molecule is CCOc1cc2c3c(c1)C(=CC(=O)c1ccc(Br)cc1)C(=O)N3C(C)(C)C=C2C. The molecule has 0 saturated carbocycles. The molecule has 4 rings (SSSR count). The highest BCUT2D eigenvalue weighted by Crippen LogP contribution is 2.50. The van der Waals surface area contributed by atoms with Gasteiger partial charge in [0.05, 0.1) is 23.4 Å². The highest BCUT2D eigenvalue weighted by molar-refractivity contribution is 9.10. The van der Waals surface area contributed by atoms with E-state index in [0.29, 0.717) is 23.5 Å². The number of allylic oxidation sites excluding steroid dienone is 2. The van der Waals surface area contributed by atoms with Crippen molar-refractivity contribution >= 4 is 44.5 Å². The number of carbonyl (C=O) groups is 2. The van der Waals surface area contributed by atoms with Gasteiger partial charge in [-0.2, -0.15) is 0 Å². The van der Waals surface area contributed by atoms with Gasteiger partial charge < -0.3 is 4.74 Å². The molecule has 2 aromatic rings. The summed E-state index contributed by atoms with van der Waals surface area (Å²) in [4.78, 5) is 28.1. The number of hydrogen-bond donors (Lipinski definition) is 0. The van der Waals surface area contributed by atoms with E-state index in [4.69, 9.17) is 4.74 Å². The number of anilines is 1. The number of halogens is 1. The molecular formula is C24H22BrNO3. The fourth-order valence-corrected chi connectivity index (χ4v) is 4.40. The molecule has 29 heavy (non-hydrogen) atoms. The fraction of sp³-hybridized carbons (Fsp3) is 0.250. The third-order valence-electron chi connectivity index (χ3n) is 5.32. The van der Waals surface area contributed by atoms with Crippen molar-refractivity contribution < 1.29 is 14.3 Å². The Labute approximate surface area is 179 Å². The first-order valence-corrected chi connectivity index (χ1v) is 10.4. The summed E-state index contributed by atoms with van der Waals surface area (Å²) >= 11 is 3.38. The number of benzene rings is 2. The Kier molecular flexibility index (Phi) is 4.74. The monoisotopic (exact) mass is 451 g/mol. The van der Waals surface area contributed by atoms with E-state index in [1.165, 1.54) is 6.08 Å². The number of rotatable bonds is 4. The minimum Gasteiger partial charge on any atom is -0.494 e. The van der Waals surface area contributed by atoms with Gasteiger partial charge in [0.25, 0.3) is 5.91 Å². The first-order valence-electron chi connectivity index (χ1n) is 9.60. The summed E-state index contributed by atoms with van der Waals surface area (Å²) in [6.07, 6.45) is 3.55. The van der Waals surface area contributed by atoms with E-state index in [1.54, 1.807) is 17.0 Å². The van der Waals surface area contributed by atoms with Crippen LogP contribution >= 0.6 is 15.9 Å². The second-order valence-electron chi connectivity index (χ2n) is 7.85. The van der Waals surface area contributed by atoms with Gasteiger partial charge in [-0.15, -0.1) is 0 Å². The Balaban J connectivity index is 1.90. The summed E-state index contributed by atoms with van der Waals surface area (Å²) < 4.78 is 6.64. The van der Waals surface area contributed by atoms with Crippen LogP contribution in [-0.2, 0) is 4.79 Å². The van der Waals surface area contributed by atoms with Crippen molar-refractivity contribution in [2.45, 2.75) is 33.2 Å². The fourth-order valence-electron chi connectivity index (χ4n) is 4.13.